The van der Waals surface area contributed by atoms with Crippen LogP contribution in [0.4, 0.5) is 23.0 Å². The first-order chi connectivity index (χ1) is 13.8. The molecule has 0 aliphatic carbocycles. The zero-order chi connectivity index (χ0) is 19.2. The second kappa shape index (κ2) is 8.05. The third-order valence-electron chi connectivity index (χ3n) is 3.89. The zero-order valence-electron chi connectivity index (χ0n) is 14.8. The fourth-order valence-corrected chi connectivity index (χ4v) is 2.57. The summed E-state index contributed by atoms with van der Waals surface area (Å²) in [6.07, 6.45) is 2.70. The Bertz CT molecular complexity index is 999. The summed E-state index contributed by atoms with van der Waals surface area (Å²) < 4.78 is 0. The topological polar surface area (TPSA) is 92.7 Å². The molecule has 4 aromatic rings. The molecular weight excluding hydrogens is 352 g/mol. The third-order valence-corrected chi connectivity index (χ3v) is 3.89. The van der Waals surface area contributed by atoms with E-state index in [9.17, 15) is 4.79 Å². The summed E-state index contributed by atoms with van der Waals surface area (Å²) in [6.45, 7) is 0. The van der Waals surface area contributed by atoms with Crippen LogP contribution < -0.4 is 10.6 Å². The van der Waals surface area contributed by atoms with Crippen molar-refractivity contribution in [2.75, 3.05) is 10.6 Å². The lowest BCUT2D eigenvalue weighted by atomic mass is 10.2. The van der Waals surface area contributed by atoms with Gasteiger partial charge in [-0.15, -0.1) is 0 Å². The van der Waals surface area contributed by atoms with Crippen LogP contribution >= 0.6 is 0 Å². The number of ketones is 1. The fraction of sp³-hybridized carbons (Fsp3) is 0. The number of hydrogen-bond donors (Lipinski definition) is 2. The summed E-state index contributed by atoms with van der Waals surface area (Å²) in [5.74, 6) is 0.750. The summed E-state index contributed by atoms with van der Waals surface area (Å²) in [5, 5.41) is 6.29. The Hall–Kier alpha value is -4.13. The van der Waals surface area contributed by atoms with E-state index in [2.05, 4.69) is 30.6 Å². The van der Waals surface area contributed by atoms with Crippen LogP contribution in [0.3, 0.4) is 0 Å². The van der Waals surface area contributed by atoms with Gasteiger partial charge in [0.15, 0.2) is 0 Å². The predicted octanol–water partition coefficient (Wildman–Crippen LogP) is 3.98. The molecule has 0 bridgehead atoms. The number of hydrogen-bond acceptors (Lipinski definition) is 7. The molecule has 0 fully saturated rings. The molecular formula is C21H16N6O. The van der Waals surface area contributed by atoms with Gasteiger partial charge in [-0.3, -0.25) is 4.79 Å². The van der Waals surface area contributed by atoms with Gasteiger partial charge in [0.2, 0.25) is 5.78 Å². The first kappa shape index (κ1) is 17.3. The Kier molecular flexibility index (Phi) is 4.97. The van der Waals surface area contributed by atoms with Gasteiger partial charge in [0.1, 0.15) is 35.7 Å². The summed E-state index contributed by atoms with van der Waals surface area (Å²) in [6, 6.07) is 22.4. The lowest BCUT2D eigenvalue weighted by molar-refractivity contribution is 0.102. The average Bonchev–Trinajstić information content (AvgIpc) is 2.75. The van der Waals surface area contributed by atoms with E-state index in [0.29, 0.717) is 11.6 Å². The predicted molar refractivity (Wildman–Crippen MR) is 107 cm³/mol. The van der Waals surface area contributed by atoms with Crippen LogP contribution in [0.2, 0.25) is 0 Å². The minimum atomic E-state index is -0.308. The molecule has 0 amide bonds. The van der Waals surface area contributed by atoms with Crippen LogP contribution in [-0.2, 0) is 0 Å². The third kappa shape index (κ3) is 4.16. The summed E-state index contributed by atoms with van der Waals surface area (Å²) >= 11 is 0. The molecule has 0 unspecified atom stereocenters. The van der Waals surface area contributed by atoms with Gasteiger partial charge in [-0.1, -0.05) is 36.4 Å². The van der Waals surface area contributed by atoms with E-state index in [1.54, 1.807) is 12.1 Å². The van der Waals surface area contributed by atoms with E-state index in [1.165, 1.54) is 12.7 Å². The highest BCUT2D eigenvalue weighted by molar-refractivity contribution is 6.07. The number of nitrogens with zero attached hydrogens (tertiary/aromatic N) is 4. The summed E-state index contributed by atoms with van der Waals surface area (Å²) in [7, 11) is 0. The molecule has 0 aliphatic heterocycles. The number of benzene rings is 2. The maximum Gasteiger partial charge on any atom is 0.230 e. The van der Waals surface area contributed by atoms with Crippen molar-refractivity contribution in [3.63, 3.8) is 0 Å². The Balaban J connectivity index is 1.54. The van der Waals surface area contributed by atoms with Gasteiger partial charge in [-0.25, -0.2) is 19.9 Å². The first-order valence-electron chi connectivity index (χ1n) is 8.61. The normalized spacial score (nSPS) is 10.3. The summed E-state index contributed by atoms with van der Waals surface area (Å²) in [4.78, 5) is 29.3. The molecule has 7 heteroatoms. The highest BCUT2D eigenvalue weighted by atomic mass is 16.1. The highest BCUT2D eigenvalue weighted by Gasteiger charge is 2.14. The van der Waals surface area contributed by atoms with Gasteiger partial charge in [-0.05, 0) is 24.3 Å². The Morgan fingerprint density at radius 1 is 0.607 bits per heavy atom. The zero-order valence-corrected chi connectivity index (χ0v) is 14.8. The minimum Gasteiger partial charge on any atom is -0.340 e. The smallest absolute Gasteiger partial charge is 0.230 e. The monoisotopic (exact) mass is 368 g/mol. The van der Waals surface area contributed by atoms with Crippen molar-refractivity contribution < 1.29 is 4.79 Å². The van der Waals surface area contributed by atoms with Crippen molar-refractivity contribution in [2.24, 2.45) is 0 Å². The van der Waals surface area contributed by atoms with Crippen molar-refractivity contribution in [3.05, 3.63) is 96.8 Å². The number of aromatic nitrogens is 4. The number of para-hydroxylation sites is 2. The minimum absolute atomic E-state index is 0.248. The van der Waals surface area contributed by atoms with Crippen LogP contribution in [0.25, 0.3) is 0 Å². The van der Waals surface area contributed by atoms with Gasteiger partial charge in [-0.2, -0.15) is 0 Å². The van der Waals surface area contributed by atoms with Crippen LogP contribution in [0.15, 0.2) is 85.5 Å². The van der Waals surface area contributed by atoms with Crippen LogP contribution in [-0.4, -0.2) is 25.7 Å². The standard InChI is InChI=1S/C21H16N6O/c28-21(17-11-19(24-13-22-17)26-15-7-3-1-4-8-15)18-12-20(25-14-23-18)27-16-9-5-2-6-10-16/h1-14H,(H,22,24,26)(H,23,25,27). The van der Waals surface area contributed by atoms with E-state index in [1.807, 2.05) is 60.7 Å². The quantitative estimate of drug-likeness (QED) is 0.497. The first-order valence-corrected chi connectivity index (χ1v) is 8.61. The Labute approximate surface area is 161 Å². The van der Waals surface area contributed by atoms with Crippen molar-refractivity contribution in [2.45, 2.75) is 0 Å². The molecule has 2 aromatic carbocycles. The average molecular weight is 368 g/mol. The van der Waals surface area contributed by atoms with Crippen LogP contribution in [0.5, 0.6) is 0 Å². The van der Waals surface area contributed by atoms with E-state index in [0.717, 1.165) is 11.4 Å². The summed E-state index contributed by atoms with van der Waals surface area (Å²) in [5.41, 5.74) is 2.24. The molecule has 0 saturated carbocycles. The van der Waals surface area contributed by atoms with Crippen molar-refractivity contribution >= 4 is 28.8 Å². The molecule has 2 N–H and O–H groups in total. The van der Waals surface area contributed by atoms with Crippen LogP contribution in [0.1, 0.15) is 16.2 Å². The van der Waals surface area contributed by atoms with Gasteiger partial charge in [0.25, 0.3) is 0 Å². The molecule has 7 nitrogen and oxygen atoms in total. The van der Waals surface area contributed by atoms with Gasteiger partial charge in [0.05, 0.1) is 0 Å². The Morgan fingerprint density at radius 3 is 1.46 bits per heavy atom. The van der Waals surface area contributed by atoms with Gasteiger partial charge < -0.3 is 10.6 Å². The molecule has 136 valence electrons. The molecule has 0 radical (unpaired) electrons. The van der Waals surface area contributed by atoms with Crippen molar-refractivity contribution in [1.82, 2.24) is 19.9 Å². The Morgan fingerprint density at radius 2 is 1.04 bits per heavy atom. The molecule has 28 heavy (non-hydrogen) atoms. The van der Waals surface area contributed by atoms with Gasteiger partial charge >= 0.3 is 0 Å². The number of carbonyl (C=O) groups is 1. The molecule has 0 aliphatic rings. The maximum atomic E-state index is 12.8. The van der Waals surface area contributed by atoms with Crippen molar-refractivity contribution in [3.8, 4) is 0 Å². The molecule has 2 heterocycles. The molecule has 0 spiro atoms. The van der Waals surface area contributed by atoms with Crippen LogP contribution in [0, 0.1) is 0 Å². The molecule has 2 aromatic heterocycles. The molecule has 4 rings (SSSR count). The largest absolute Gasteiger partial charge is 0.340 e. The van der Waals surface area contributed by atoms with E-state index >= 15 is 0 Å². The lowest BCUT2D eigenvalue weighted by Gasteiger charge is -2.07. The van der Waals surface area contributed by atoms with E-state index < -0.39 is 0 Å². The number of rotatable bonds is 6. The molecule has 0 atom stereocenters. The highest BCUT2D eigenvalue weighted by Crippen LogP contribution is 2.17. The van der Waals surface area contributed by atoms with E-state index in [4.69, 9.17) is 0 Å². The number of anilines is 4. The van der Waals surface area contributed by atoms with E-state index in [-0.39, 0.29) is 17.2 Å². The van der Waals surface area contributed by atoms with Crippen molar-refractivity contribution in [1.29, 1.82) is 0 Å². The lowest BCUT2D eigenvalue weighted by Crippen LogP contribution is -2.09. The maximum absolute atomic E-state index is 12.8. The number of nitrogens with one attached hydrogen (secondary N) is 2. The second-order valence-electron chi connectivity index (χ2n) is 5.89. The number of carbonyl (C=O) groups excluding carboxylic acids is 1. The SMILES string of the molecule is O=C(c1cc(Nc2ccccc2)ncn1)c1cc(Nc2ccccc2)ncn1. The van der Waals surface area contributed by atoms with Gasteiger partial charge in [0, 0.05) is 23.5 Å². The molecule has 0 saturated heterocycles. The fourth-order valence-electron chi connectivity index (χ4n) is 2.57. The second-order valence-corrected chi connectivity index (χ2v) is 5.89.